The SMILES string of the molecule is CC(C)c1cccc(C(C)C)c1N(C=CC=N)c1c(C(C)C)cccc1C(C)C. The van der Waals surface area contributed by atoms with Gasteiger partial charge in [-0.3, -0.25) is 0 Å². The third kappa shape index (κ3) is 4.98. The molecule has 0 aromatic heterocycles. The molecule has 2 rings (SSSR count). The van der Waals surface area contributed by atoms with E-state index in [1.165, 1.54) is 39.8 Å². The van der Waals surface area contributed by atoms with Crippen molar-refractivity contribution in [2.45, 2.75) is 79.1 Å². The Balaban J connectivity index is 2.97. The van der Waals surface area contributed by atoms with E-state index in [0.29, 0.717) is 23.7 Å². The highest BCUT2D eigenvalue weighted by Gasteiger charge is 2.24. The second kappa shape index (κ2) is 9.91. The summed E-state index contributed by atoms with van der Waals surface area (Å²) in [7, 11) is 0. The molecule has 0 saturated heterocycles. The van der Waals surface area contributed by atoms with E-state index in [2.05, 4.69) is 103 Å². The molecular formula is C27H38N2. The Morgan fingerprint density at radius 2 is 0.931 bits per heavy atom. The Labute approximate surface area is 178 Å². The Morgan fingerprint density at radius 1 is 0.621 bits per heavy atom. The highest BCUT2D eigenvalue weighted by atomic mass is 15.1. The van der Waals surface area contributed by atoms with E-state index in [0.717, 1.165) is 0 Å². The number of nitrogens with zero attached hydrogens (tertiary/aromatic N) is 1. The van der Waals surface area contributed by atoms with Gasteiger partial charge in [0.1, 0.15) is 0 Å². The van der Waals surface area contributed by atoms with Gasteiger partial charge in [0.05, 0.1) is 11.4 Å². The number of benzene rings is 2. The van der Waals surface area contributed by atoms with Crippen LogP contribution in [0.3, 0.4) is 0 Å². The minimum Gasteiger partial charge on any atom is -0.316 e. The fourth-order valence-electron chi connectivity index (χ4n) is 3.97. The summed E-state index contributed by atoms with van der Waals surface area (Å²) in [5.41, 5.74) is 7.92. The predicted octanol–water partition coefficient (Wildman–Crippen LogP) is 8.48. The average Bonchev–Trinajstić information content (AvgIpc) is 2.67. The maximum atomic E-state index is 7.64. The molecule has 0 spiro atoms. The number of nitrogens with one attached hydrogen (secondary N) is 1. The van der Waals surface area contributed by atoms with Gasteiger partial charge in [0.2, 0.25) is 0 Å². The van der Waals surface area contributed by atoms with Crippen molar-refractivity contribution in [3.05, 3.63) is 70.9 Å². The number of hydrogen-bond acceptors (Lipinski definition) is 2. The number of para-hydroxylation sites is 2. The lowest BCUT2D eigenvalue weighted by molar-refractivity contribution is 0.813. The molecule has 0 radical (unpaired) electrons. The first-order chi connectivity index (χ1) is 13.7. The molecule has 1 N–H and O–H groups in total. The Bertz CT molecular complexity index is 741. The molecule has 2 aromatic carbocycles. The van der Waals surface area contributed by atoms with Gasteiger partial charge < -0.3 is 10.3 Å². The lowest BCUT2D eigenvalue weighted by Gasteiger charge is -2.33. The van der Waals surface area contributed by atoms with Crippen LogP contribution >= 0.6 is 0 Å². The maximum Gasteiger partial charge on any atom is 0.0524 e. The highest BCUT2D eigenvalue weighted by Crippen LogP contribution is 2.44. The molecule has 2 nitrogen and oxygen atoms in total. The summed E-state index contributed by atoms with van der Waals surface area (Å²) in [5, 5.41) is 7.64. The summed E-state index contributed by atoms with van der Waals surface area (Å²) < 4.78 is 0. The second-order valence-electron chi connectivity index (χ2n) is 9.07. The first kappa shape index (κ1) is 22.9. The molecule has 0 saturated carbocycles. The van der Waals surface area contributed by atoms with Crippen molar-refractivity contribution in [3.63, 3.8) is 0 Å². The summed E-state index contributed by atoms with van der Waals surface area (Å²) in [4.78, 5) is 2.36. The van der Waals surface area contributed by atoms with Crippen molar-refractivity contribution >= 4 is 17.6 Å². The first-order valence-electron chi connectivity index (χ1n) is 10.9. The van der Waals surface area contributed by atoms with Gasteiger partial charge in [0.25, 0.3) is 0 Å². The first-order valence-corrected chi connectivity index (χ1v) is 10.9. The van der Waals surface area contributed by atoms with E-state index < -0.39 is 0 Å². The minimum atomic E-state index is 0.410. The molecule has 0 heterocycles. The van der Waals surface area contributed by atoms with Gasteiger partial charge in [-0.1, -0.05) is 91.8 Å². The monoisotopic (exact) mass is 390 g/mol. The van der Waals surface area contributed by atoms with Crippen LogP contribution in [0, 0.1) is 5.41 Å². The van der Waals surface area contributed by atoms with E-state index in [1.807, 2.05) is 6.08 Å². The van der Waals surface area contributed by atoms with Crippen LogP contribution < -0.4 is 4.90 Å². The Hall–Kier alpha value is -2.35. The molecule has 0 aliphatic rings. The fraction of sp³-hybridized carbons (Fsp3) is 0.444. The quantitative estimate of drug-likeness (QED) is 0.449. The number of anilines is 2. The molecule has 2 aromatic rings. The molecule has 156 valence electrons. The van der Waals surface area contributed by atoms with E-state index in [9.17, 15) is 0 Å². The predicted molar refractivity (Wildman–Crippen MR) is 129 cm³/mol. The number of rotatable bonds is 8. The zero-order valence-electron chi connectivity index (χ0n) is 19.5. The van der Waals surface area contributed by atoms with Crippen molar-refractivity contribution in [2.75, 3.05) is 4.90 Å². The van der Waals surface area contributed by atoms with Crippen LogP contribution in [-0.2, 0) is 0 Å². The standard InChI is InChI=1S/C27H38N2/c1-18(2)22-12-9-13-23(19(3)4)26(22)29(17-11-16-28)27-24(20(5)6)14-10-15-25(27)21(7)8/h9-21,28H,1-8H3. The van der Waals surface area contributed by atoms with Gasteiger partial charge >= 0.3 is 0 Å². The van der Waals surface area contributed by atoms with E-state index >= 15 is 0 Å². The van der Waals surface area contributed by atoms with Gasteiger partial charge in [0.15, 0.2) is 0 Å². The molecule has 2 heteroatoms. The molecule has 0 atom stereocenters. The van der Waals surface area contributed by atoms with Crippen LogP contribution in [0.4, 0.5) is 11.4 Å². The maximum absolute atomic E-state index is 7.64. The Morgan fingerprint density at radius 3 is 1.17 bits per heavy atom. The van der Waals surface area contributed by atoms with Crippen molar-refractivity contribution in [2.24, 2.45) is 0 Å². The summed E-state index contributed by atoms with van der Waals surface area (Å²) in [6.45, 7) is 18.1. The normalized spacial score (nSPS) is 12.0. The van der Waals surface area contributed by atoms with Gasteiger partial charge in [-0.05, 0) is 52.0 Å². The fourth-order valence-corrected chi connectivity index (χ4v) is 3.97. The Kier molecular flexibility index (Phi) is 7.84. The van der Waals surface area contributed by atoms with Crippen molar-refractivity contribution in [1.82, 2.24) is 0 Å². The molecular weight excluding hydrogens is 352 g/mol. The molecule has 0 bridgehead atoms. The molecule has 0 unspecified atom stereocenters. The van der Waals surface area contributed by atoms with Crippen LogP contribution in [0.1, 0.15) is 101 Å². The molecule has 29 heavy (non-hydrogen) atoms. The minimum absolute atomic E-state index is 0.410. The lowest BCUT2D eigenvalue weighted by Crippen LogP contribution is -2.19. The van der Waals surface area contributed by atoms with E-state index in [-0.39, 0.29) is 0 Å². The average molecular weight is 391 g/mol. The highest BCUT2D eigenvalue weighted by molar-refractivity contribution is 5.80. The summed E-state index contributed by atoms with van der Waals surface area (Å²) in [6, 6.07) is 13.4. The second-order valence-corrected chi connectivity index (χ2v) is 9.07. The lowest BCUT2D eigenvalue weighted by atomic mass is 9.88. The van der Waals surface area contributed by atoms with Crippen LogP contribution in [0.15, 0.2) is 48.7 Å². The van der Waals surface area contributed by atoms with Crippen LogP contribution in [0.25, 0.3) is 0 Å². The third-order valence-electron chi connectivity index (χ3n) is 5.50. The smallest absolute Gasteiger partial charge is 0.0524 e. The number of allylic oxidation sites excluding steroid dienone is 1. The van der Waals surface area contributed by atoms with Gasteiger partial charge in [-0.25, -0.2) is 0 Å². The zero-order valence-corrected chi connectivity index (χ0v) is 19.5. The van der Waals surface area contributed by atoms with Gasteiger partial charge in [-0.15, -0.1) is 0 Å². The number of hydrogen-bond donors (Lipinski definition) is 1. The van der Waals surface area contributed by atoms with Crippen molar-refractivity contribution < 1.29 is 0 Å². The molecule has 0 fully saturated rings. The topological polar surface area (TPSA) is 27.1 Å². The molecule has 0 aliphatic carbocycles. The van der Waals surface area contributed by atoms with E-state index in [4.69, 9.17) is 5.41 Å². The van der Waals surface area contributed by atoms with Gasteiger partial charge in [-0.2, -0.15) is 0 Å². The summed E-state index contributed by atoms with van der Waals surface area (Å²) in [5.74, 6) is 1.64. The molecule has 0 aliphatic heterocycles. The van der Waals surface area contributed by atoms with Crippen molar-refractivity contribution in [3.8, 4) is 0 Å². The van der Waals surface area contributed by atoms with Crippen LogP contribution in [0.2, 0.25) is 0 Å². The third-order valence-corrected chi connectivity index (χ3v) is 5.50. The molecule has 0 amide bonds. The van der Waals surface area contributed by atoms with Gasteiger partial charge in [0, 0.05) is 12.4 Å². The summed E-state index contributed by atoms with van der Waals surface area (Å²) >= 11 is 0. The van der Waals surface area contributed by atoms with E-state index in [1.54, 1.807) is 0 Å². The van der Waals surface area contributed by atoms with Crippen molar-refractivity contribution in [1.29, 1.82) is 5.41 Å². The largest absolute Gasteiger partial charge is 0.316 e. The van der Waals surface area contributed by atoms with Crippen LogP contribution in [0.5, 0.6) is 0 Å². The zero-order chi connectivity index (χ0) is 21.7. The summed E-state index contributed by atoms with van der Waals surface area (Å²) in [6.07, 6.45) is 5.28. The van der Waals surface area contributed by atoms with Crippen LogP contribution in [-0.4, -0.2) is 6.21 Å².